The normalized spacial score (nSPS) is 37.2. The number of anilines is 1. The zero-order valence-corrected chi connectivity index (χ0v) is 18.5. The van der Waals surface area contributed by atoms with Crippen LogP contribution in [-0.2, 0) is 12.6 Å². The molecule has 3 heterocycles. The Morgan fingerprint density at radius 3 is 2.34 bits per heavy atom. The van der Waals surface area contributed by atoms with Crippen LogP contribution in [0.5, 0.6) is 0 Å². The molecule has 4 saturated carbocycles. The quantitative estimate of drug-likeness (QED) is 0.435. The summed E-state index contributed by atoms with van der Waals surface area (Å²) in [7, 11) is 2.22. The Morgan fingerprint density at radius 2 is 1.66 bits per heavy atom. The van der Waals surface area contributed by atoms with Gasteiger partial charge in [-0.15, -0.1) is 11.3 Å². The van der Waals surface area contributed by atoms with Crippen molar-refractivity contribution in [3.8, 4) is 0 Å². The zero-order valence-electron chi connectivity index (χ0n) is 17.7. The Balaban J connectivity index is 1.55. The summed E-state index contributed by atoms with van der Waals surface area (Å²) >= 11 is 2.07. The van der Waals surface area contributed by atoms with Crippen molar-refractivity contribution in [3.63, 3.8) is 0 Å². The molecular weight excluding hydrogens is 372 g/mol. The number of fused-ring (bicyclic) bond motifs is 3. The molecule has 4 aliphatic carbocycles. The molecule has 1 aliphatic heterocycles. The topological polar surface area (TPSA) is 8.17 Å². The fraction of sp³-hybridized carbons (Fsp3) is 0.538. The highest BCUT2D eigenvalue weighted by molar-refractivity contribution is 7.19. The van der Waals surface area contributed by atoms with E-state index in [4.69, 9.17) is 0 Å². The second kappa shape index (κ2) is 5.49. The van der Waals surface area contributed by atoms with Crippen LogP contribution in [0.3, 0.4) is 0 Å². The molecule has 3 heteroatoms. The van der Waals surface area contributed by atoms with Gasteiger partial charge in [0.25, 0.3) is 0 Å². The molecule has 8 rings (SSSR count). The van der Waals surface area contributed by atoms with E-state index < -0.39 is 0 Å². The third-order valence-corrected chi connectivity index (χ3v) is 10.5. The molecule has 0 saturated heterocycles. The van der Waals surface area contributed by atoms with E-state index >= 15 is 0 Å². The van der Waals surface area contributed by atoms with Gasteiger partial charge < -0.3 is 9.47 Å². The van der Waals surface area contributed by atoms with Crippen LogP contribution >= 0.6 is 11.3 Å². The van der Waals surface area contributed by atoms with Crippen LogP contribution < -0.4 is 4.90 Å². The van der Waals surface area contributed by atoms with E-state index in [1.807, 2.05) is 0 Å². The van der Waals surface area contributed by atoms with Crippen LogP contribution in [0, 0.1) is 30.6 Å². The van der Waals surface area contributed by atoms with E-state index in [2.05, 4.69) is 78.2 Å². The number of nitrogens with zero attached hydrogens (tertiary/aromatic N) is 2. The van der Waals surface area contributed by atoms with Gasteiger partial charge in [0.1, 0.15) is 4.83 Å². The molecule has 3 aromatic rings. The number of rotatable bonds is 1. The van der Waals surface area contributed by atoms with Crippen molar-refractivity contribution in [1.82, 2.24) is 4.57 Å². The summed E-state index contributed by atoms with van der Waals surface area (Å²) < 4.78 is 2.35. The van der Waals surface area contributed by atoms with Crippen molar-refractivity contribution in [1.29, 1.82) is 0 Å². The van der Waals surface area contributed by atoms with Crippen molar-refractivity contribution in [2.75, 3.05) is 4.90 Å². The summed E-state index contributed by atoms with van der Waals surface area (Å²) in [6.07, 6.45) is 9.60. The summed E-state index contributed by atoms with van der Waals surface area (Å²) in [4.78, 5) is 6.07. The maximum Gasteiger partial charge on any atom is 0.103 e. The van der Waals surface area contributed by atoms with E-state index in [1.54, 1.807) is 15.8 Å². The SMILES string of the molecule is Cc1ccccc1N1[C@@H](C)c2sc3c(ccn3C)c2C12C1CC3CC(C1)CC2C3. The molecular formula is C26H30N2S. The smallest absolute Gasteiger partial charge is 0.103 e. The number of hydrogen-bond acceptors (Lipinski definition) is 2. The molecule has 1 aromatic carbocycles. The van der Waals surface area contributed by atoms with Gasteiger partial charge in [-0.25, -0.2) is 0 Å². The summed E-state index contributed by atoms with van der Waals surface area (Å²) in [6.45, 7) is 4.80. The molecule has 0 amide bonds. The van der Waals surface area contributed by atoms with Crippen LogP contribution in [0.25, 0.3) is 10.2 Å². The molecule has 0 N–H and O–H groups in total. The Labute approximate surface area is 177 Å². The standard InChI is InChI=1S/C26H30N2S/c1-15-6-4-5-7-22(15)28-16(2)24-23(21-8-9-27(3)25(21)29-24)26(28)19-11-17-10-18(13-19)14-20(26)12-17/h4-9,16-20H,10-14H2,1-3H3/t16-,17?,18?,19?,20?,26?/m0/s1. The summed E-state index contributed by atoms with van der Waals surface area (Å²) in [6, 6.07) is 12.1. The molecule has 4 fully saturated rings. The van der Waals surface area contributed by atoms with E-state index in [1.165, 1.54) is 48.2 Å². The highest BCUT2D eigenvalue weighted by Crippen LogP contribution is 2.70. The maximum absolute atomic E-state index is 2.93. The minimum atomic E-state index is 0.216. The van der Waals surface area contributed by atoms with Crippen molar-refractivity contribution < 1.29 is 0 Å². The van der Waals surface area contributed by atoms with Gasteiger partial charge in [-0.3, -0.25) is 0 Å². The highest BCUT2D eigenvalue weighted by Gasteiger charge is 2.65. The van der Waals surface area contributed by atoms with Gasteiger partial charge >= 0.3 is 0 Å². The lowest BCUT2D eigenvalue weighted by atomic mass is 9.47. The second-order valence-corrected chi connectivity index (χ2v) is 11.5. The second-order valence-electron chi connectivity index (χ2n) is 10.4. The lowest BCUT2D eigenvalue weighted by Gasteiger charge is -2.64. The molecule has 1 spiro atoms. The minimum absolute atomic E-state index is 0.216. The van der Waals surface area contributed by atoms with Gasteiger partial charge in [-0.05, 0) is 87.3 Å². The van der Waals surface area contributed by atoms with E-state index in [0.29, 0.717) is 6.04 Å². The molecule has 2 nitrogen and oxygen atoms in total. The molecule has 1 atom stereocenters. The Kier molecular flexibility index (Phi) is 3.22. The number of thiophene rings is 1. The van der Waals surface area contributed by atoms with Crippen LogP contribution in [0.4, 0.5) is 5.69 Å². The third-order valence-electron chi connectivity index (χ3n) is 9.06. The average Bonchev–Trinajstić information content (AvgIpc) is 3.31. The molecule has 2 aromatic heterocycles. The van der Waals surface area contributed by atoms with Crippen molar-refractivity contribution in [2.24, 2.45) is 30.7 Å². The highest BCUT2D eigenvalue weighted by atomic mass is 32.1. The number of para-hydroxylation sites is 1. The number of aromatic nitrogens is 1. The fourth-order valence-electron chi connectivity index (χ4n) is 8.33. The van der Waals surface area contributed by atoms with Gasteiger partial charge in [-0.1, -0.05) is 18.2 Å². The first-order valence-corrected chi connectivity index (χ1v) is 12.3. The largest absolute Gasteiger partial charge is 0.353 e. The molecule has 5 aliphatic rings. The average molecular weight is 403 g/mol. The van der Waals surface area contributed by atoms with Crippen molar-refractivity contribution in [2.45, 2.75) is 57.5 Å². The van der Waals surface area contributed by atoms with Crippen molar-refractivity contribution >= 4 is 27.2 Å². The predicted octanol–water partition coefficient (Wildman–Crippen LogP) is 6.78. The Hall–Kier alpha value is -1.74. The van der Waals surface area contributed by atoms with Gasteiger partial charge in [0.15, 0.2) is 0 Å². The molecule has 29 heavy (non-hydrogen) atoms. The minimum Gasteiger partial charge on any atom is -0.353 e. The Bertz CT molecular complexity index is 1110. The number of aryl methyl sites for hydroxylation is 2. The first-order chi connectivity index (χ1) is 14.1. The fourth-order valence-corrected chi connectivity index (χ4v) is 9.68. The van der Waals surface area contributed by atoms with Crippen molar-refractivity contribution in [3.05, 3.63) is 52.5 Å². The van der Waals surface area contributed by atoms with Gasteiger partial charge in [-0.2, -0.15) is 0 Å². The first-order valence-electron chi connectivity index (χ1n) is 11.5. The maximum atomic E-state index is 2.93. The summed E-state index contributed by atoms with van der Waals surface area (Å²) in [5.74, 6) is 3.62. The predicted molar refractivity (Wildman–Crippen MR) is 122 cm³/mol. The summed E-state index contributed by atoms with van der Waals surface area (Å²) in [5, 5.41) is 1.56. The van der Waals surface area contributed by atoms with Crippen LogP contribution in [0.1, 0.15) is 61.1 Å². The molecule has 150 valence electrons. The van der Waals surface area contributed by atoms with Crippen LogP contribution in [0.2, 0.25) is 0 Å². The van der Waals surface area contributed by atoms with Crippen LogP contribution in [-0.4, -0.2) is 4.57 Å². The van der Waals surface area contributed by atoms with E-state index in [0.717, 1.165) is 23.7 Å². The molecule has 0 unspecified atom stereocenters. The first kappa shape index (κ1) is 17.0. The van der Waals surface area contributed by atoms with Crippen LogP contribution in [0.15, 0.2) is 36.5 Å². The van der Waals surface area contributed by atoms with E-state index in [-0.39, 0.29) is 5.54 Å². The number of benzene rings is 1. The lowest BCUT2D eigenvalue weighted by molar-refractivity contribution is -0.0596. The zero-order chi connectivity index (χ0) is 19.5. The van der Waals surface area contributed by atoms with E-state index in [9.17, 15) is 0 Å². The third kappa shape index (κ3) is 1.90. The summed E-state index contributed by atoms with van der Waals surface area (Å²) in [5.41, 5.74) is 4.88. The van der Waals surface area contributed by atoms with Gasteiger partial charge in [0, 0.05) is 34.8 Å². The lowest BCUT2D eigenvalue weighted by Crippen LogP contribution is -2.62. The monoisotopic (exact) mass is 402 g/mol. The molecule has 0 radical (unpaired) electrons. The Morgan fingerprint density at radius 1 is 0.966 bits per heavy atom. The molecule has 4 bridgehead atoms. The van der Waals surface area contributed by atoms with Gasteiger partial charge in [0.2, 0.25) is 0 Å². The van der Waals surface area contributed by atoms with Gasteiger partial charge in [0.05, 0.1) is 11.6 Å². The number of hydrogen-bond donors (Lipinski definition) is 0.